The highest BCUT2D eigenvalue weighted by Gasteiger charge is 2.24. The lowest BCUT2D eigenvalue weighted by Crippen LogP contribution is -2.48. The van der Waals surface area contributed by atoms with Crippen molar-refractivity contribution in [2.45, 2.75) is 32.2 Å². The van der Waals surface area contributed by atoms with Crippen molar-refractivity contribution in [2.75, 3.05) is 18.8 Å². The van der Waals surface area contributed by atoms with Crippen molar-refractivity contribution < 1.29 is 9.59 Å². The molecule has 2 heterocycles. The van der Waals surface area contributed by atoms with Crippen molar-refractivity contribution in [1.82, 2.24) is 15.2 Å². The number of rotatable bonds is 3. The summed E-state index contributed by atoms with van der Waals surface area (Å²) in [6.45, 7) is 3.18. The Morgan fingerprint density at radius 1 is 1.38 bits per heavy atom. The molecule has 7 heteroatoms. The van der Waals surface area contributed by atoms with E-state index >= 15 is 0 Å². The first-order chi connectivity index (χ1) is 9.99. The molecule has 0 bridgehead atoms. The van der Waals surface area contributed by atoms with E-state index in [9.17, 15) is 9.59 Å². The van der Waals surface area contributed by atoms with Gasteiger partial charge in [-0.05, 0) is 32.3 Å². The van der Waals surface area contributed by atoms with E-state index in [2.05, 4.69) is 10.3 Å². The van der Waals surface area contributed by atoms with E-state index in [1.807, 2.05) is 0 Å². The van der Waals surface area contributed by atoms with Crippen LogP contribution in [0.15, 0.2) is 12.3 Å². The lowest BCUT2D eigenvalue weighted by atomic mass is 10.1. The molecule has 0 saturated carbocycles. The van der Waals surface area contributed by atoms with Crippen LogP contribution >= 0.6 is 11.6 Å². The first-order valence-electron chi connectivity index (χ1n) is 6.99. The van der Waals surface area contributed by atoms with Gasteiger partial charge in [0.25, 0.3) is 5.91 Å². The molecule has 0 aliphatic carbocycles. The van der Waals surface area contributed by atoms with E-state index < -0.39 is 11.9 Å². The standard InChI is InChI=1S/C14H19ClN4O2/c1-9(14(21)19-5-3-2-4-6-19)18-13(20)10-7-12(15)17-8-11(10)16/h7-9H,2-6,16H2,1H3,(H,18,20). The molecule has 6 nitrogen and oxygen atoms in total. The van der Waals surface area contributed by atoms with Gasteiger partial charge < -0.3 is 16.0 Å². The van der Waals surface area contributed by atoms with Crippen molar-refractivity contribution >= 4 is 29.1 Å². The minimum absolute atomic E-state index is 0.0678. The zero-order valence-electron chi connectivity index (χ0n) is 11.9. The van der Waals surface area contributed by atoms with Crippen LogP contribution in [-0.4, -0.2) is 40.8 Å². The summed E-state index contributed by atoms with van der Waals surface area (Å²) in [5.41, 5.74) is 6.17. The summed E-state index contributed by atoms with van der Waals surface area (Å²) in [4.78, 5) is 30.0. The second-order valence-electron chi connectivity index (χ2n) is 5.18. The van der Waals surface area contributed by atoms with Crippen LogP contribution < -0.4 is 11.1 Å². The van der Waals surface area contributed by atoms with Crippen LogP contribution in [-0.2, 0) is 4.79 Å². The number of pyridine rings is 1. The number of piperidine rings is 1. The molecule has 0 radical (unpaired) electrons. The fourth-order valence-electron chi connectivity index (χ4n) is 2.36. The topological polar surface area (TPSA) is 88.3 Å². The van der Waals surface area contributed by atoms with E-state index in [0.717, 1.165) is 32.4 Å². The van der Waals surface area contributed by atoms with Gasteiger partial charge in [-0.3, -0.25) is 9.59 Å². The molecule has 1 unspecified atom stereocenters. The normalized spacial score (nSPS) is 16.4. The molecule has 21 heavy (non-hydrogen) atoms. The molecule has 1 aliphatic heterocycles. The summed E-state index contributed by atoms with van der Waals surface area (Å²) in [6.07, 6.45) is 4.50. The Morgan fingerprint density at radius 2 is 2.05 bits per heavy atom. The minimum atomic E-state index is -0.595. The number of carbonyl (C=O) groups is 2. The molecule has 1 aromatic rings. The molecule has 1 fully saturated rings. The molecule has 1 aliphatic rings. The molecule has 1 aromatic heterocycles. The molecule has 1 atom stereocenters. The molecule has 2 rings (SSSR count). The fraction of sp³-hybridized carbons (Fsp3) is 0.500. The number of anilines is 1. The first kappa shape index (κ1) is 15.6. The number of nitrogens with two attached hydrogens (primary N) is 1. The van der Waals surface area contributed by atoms with Crippen LogP contribution in [0.5, 0.6) is 0 Å². The average Bonchev–Trinajstić information content (AvgIpc) is 2.49. The summed E-state index contributed by atoms with van der Waals surface area (Å²) >= 11 is 5.76. The van der Waals surface area contributed by atoms with Crippen molar-refractivity contribution in [3.05, 3.63) is 23.0 Å². The molecule has 114 valence electrons. The quantitative estimate of drug-likeness (QED) is 0.827. The SMILES string of the molecule is CC(NC(=O)c1cc(Cl)ncc1N)C(=O)N1CCCCC1. The summed E-state index contributed by atoms with van der Waals surface area (Å²) in [5.74, 6) is -0.489. The third-order valence-corrected chi connectivity index (χ3v) is 3.74. The Hall–Kier alpha value is -1.82. The Kier molecular flexibility index (Phi) is 5.01. The Labute approximate surface area is 128 Å². The van der Waals surface area contributed by atoms with Crippen LogP contribution in [0.3, 0.4) is 0 Å². The number of carbonyl (C=O) groups excluding carboxylic acids is 2. The molecule has 3 N–H and O–H groups in total. The van der Waals surface area contributed by atoms with Gasteiger partial charge in [-0.2, -0.15) is 0 Å². The minimum Gasteiger partial charge on any atom is -0.397 e. The number of nitrogens with one attached hydrogen (secondary N) is 1. The number of nitrogen functional groups attached to an aromatic ring is 1. The third-order valence-electron chi connectivity index (χ3n) is 3.53. The molecule has 0 aromatic carbocycles. The first-order valence-corrected chi connectivity index (χ1v) is 7.37. The number of likely N-dealkylation sites (tertiary alicyclic amines) is 1. The van der Waals surface area contributed by atoms with E-state index in [-0.39, 0.29) is 22.3 Å². The predicted molar refractivity (Wildman–Crippen MR) is 81.0 cm³/mol. The number of halogens is 1. The second-order valence-corrected chi connectivity index (χ2v) is 5.56. The van der Waals surface area contributed by atoms with Gasteiger partial charge in [0.15, 0.2) is 0 Å². The number of hydrogen-bond acceptors (Lipinski definition) is 4. The van der Waals surface area contributed by atoms with Crippen molar-refractivity contribution in [1.29, 1.82) is 0 Å². The van der Waals surface area contributed by atoms with E-state index in [0.29, 0.717) is 0 Å². The van der Waals surface area contributed by atoms with Crippen molar-refractivity contribution in [3.63, 3.8) is 0 Å². The summed E-state index contributed by atoms with van der Waals surface area (Å²) < 4.78 is 0. The molecule has 1 saturated heterocycles. The monoisotopic (exact) mass is 310 g/mol. The maximum absolute atomic E-state index is 12.3. The van der Waals surface area contributed by atoms with Crippen LogP contribution in [0, 0.1) is 0 Å². The highest BCUT2D eigenvalue weighted by Crippen LogP contribution is 2.15. The third kappa shape index (κ3) is 3.85. The summed E-state index contributed by atoms with van der Waals surface area (Å²) in [6, 6.07) is 0.798. The van der Waals surface area contributed by atoms with Crippen LogP contribution in [0.1, 0.15) is 36.5 Å². The Morgan fingerprint density at radius 3 is 2.71 bits per heavy atom. The van der Waals surface area contributed by atoms with Crippen LogP contribution in [0.4, 0.5) is 5.69 Å². The summed E-state index contributed by atoms with van der Waals surface area (Å²) in [5, 5.41) is 2.85. The van der Waals surface area contributed by atoms with Gasteiger partial charge in [-0.15, -0.1) is 0 Å². The average molecular weight is 311 g/mol. The van der Waals surface area contributed by atoms with Gasteiger partial charge in [0.2, 0.25) is 5.91 Å². The van der Waals surface area contributed by atoms with E-state index in [4.69, 9.17) is 17.3 Å². The molecular weight excluding hydrogens is 292 g/mol. The van der Waals surface area contributed by atoms with Gasteiger partial charge in [-0.1, -0.05) is 11.6 Å². The maximum Gasteiger partial charge on any atom is 0.254 e. The van der Waals surface area contributed by atoms with Gasteiger partial charge in [0, 0.05) is 13.1 Å². The lowest BCUT2D eigenvalue weighted by Gasteiger charge is -2.29. The largest absolute Gasteiger partial charge is 0.397 e. The maximum atomic E-state index is 12.3. The number of amides is 2. The van der Waals surface area contributed by atoms with E-state index in [1.165, 1.54) is 12.3 Å². The second kappa shape index (κ2) is 6.76. The molecule has 2 amide bonds. The van der Waals surface area contributed by atoms with E-state index in [1.54, 1.807) is 11.8 Å². The molecular formula is C14H19ClN4O2. The van der Waals surface area contributed by atoms with Crippen molar-refractivity contribution in [2.24, 2.45) is 0 Å². The Balaban J connectivity index is 2.01. The van der Waals surface area contributed by atoms with Crippen molar-refractivity contribution in [3.8, 4) is 0 Å². The fourth-order valence-corrected chi connectivity index (χ4v) is 2.52. The van der Waals surface area contributed by atoms with Crippen LogP contribution in [0.2, 0.25) is 5.15 Å². The van der Waals surface area contributed by atoms with Gasteiger partial charge >= 0.3 is 0 Å². The number of aromatic nitrogens is 1. The molecule has 0 spiro atoms. The lowest BCUT2D eigenvalue weighted by molar-refractivity contribution is -0.133. The zero-order chi connectivity index (χ0) is 15.4. The van der Waals surface area contributed by atoms with Gasteiger partial charge in [0.05, 0.1) is 17.4 Å². The van der Waals surface area contributed by atoms with Gasteiger partial charge in [0.1, 0.15) is 11.2 Å². The highest BCUT2D eigenvalue weighted by atomic mass is 35.5. The highest BCUT2D eigenvalue weighted by molar-refractivity contribution is 6.29. The number of nitrogens with zero attached hydrogens (tertiary/aromatic N) is 2. The van der Waals surface area contributed by atoms with Crippen LogP contribution in [0.25, 0.3) is 0 Å². The Bertz CT molecular complexity index is 544. The smallest absolute Gasteiger partial charge is 0.254 e. The predicted octanol–water partition coefficient (Wildman–Crippen LogP) is 1.45. The number of hydrogen-bond donors (Lipinski definition) is 2. The van der Waals surface area contributed by atoms with Gasteiger partial charge in [-0.25, -0.2) is 4.98 Å². The zero-order valence-corrected chi connectivity index (χ0v) is 12.7. The summed E-state index contributed by atoms with van der Waals surface area (Å²) in [7, 11) is 0.